The summed E-state index contributed by atoms with van der Waals surface area (Å²) in [7, 11) is 3.24. The van der Waals surface area contributed by atoms with Crippen molar-refractivity contribution in [2.45, 2.75) is 19.4 Å². The number of aromatic nitrogens is 4. The number of hydrogen-bond donors (Lipinski definition) is 3. The summed E-state index contributed by atoms with van der Waals surface area (Å²) < 4.78 is 21.6. The van der Waals surface area contributed by atoms with Gasteiger partial charge in [0.25, 0.3) is 5.91 Å². The van der Waals surface area contributed by atoms with Crippen LogP contribution in [0.15, 0.2) is 42.7 Å². The Morgan fingerprint density at radius 3 is 2.84 bits per heavy atom. The smallest absolute Gasteiger partial charge is 0.404 e. The Morgan fingerprint density at radius 1 is 1.26 bits per heavy atom. The van der Waals surface area contributed by atoms with Crippen molar-refractivity contribution >= 4 is 34.3 Å². The van der Waals surface area contributed by atoms with Gasteiger partial charge < -0.3 is 25.4 Å². The Morgan fingerprint density at radius 2 is 2.08 bits per heavy atom. The van der Waals surface area contributed by atoms with Gasteiger partial charge in [0.15, 0.2) is 5.82 Å². The first-order chi connectivity index (χ1) is 18.2. The van der Waals surface area contributed by atoms with Crippen molar-refractivity contribution in [2.24, 2.45) is 7.05 Å². The van der Waals surface area contributed by atoms with Crippen molar-refractivity contribution in [1.29, 1.82) is 0 Å². The normalized spacial score (nSPS) is 15.1. The maximum absolute atomic E-state index is 14.6. The maximum Gasteiger partial charge on any atom is 0.404 e. The number of carbonyl (C=O) groups is 2. The van der Waals surface area contributed by atoms with Crippen LogP contribution in [0.1, 0.15) is 22.5 Å². The first-order valence-corrected chi connectivity index (χ1v) is 11.9. The molecule has 1 aliphatic heterocycles. The van der Waals surface area contributed by atoms with Gasteiger partial charge in [0.2, 0.25) is 0 Å². The second-order valence-corrected chi connectivity index (χ2v) is 9.07. The number of ether oxygens (including phenoxy) is 1. The quantitative estimate of drug-likeness (QED) is 0.352. The van der Waals surface area contributed by atoms with E-state index in [0.717, 1.165) is 22.2 Å². The van der Waals surface area contributed by atoms with E-state index in [-0.39, 0.29) is 28.9 Å². The fraction of sp³-hybridized carbons (Fsp3) is 0.269. The minimum absolute atomic E-state index is 0.0221. The number of methoxy groups -OCH3 is 1. The number of hydrogen-bond acceptors (Lipinski definition) is 7. The van der Waals surface area contributed by atoms with E-state index in [4.69, 9.17) is 9.84 Å². The lowest BCUT2D eigenvalue weighted by Gasteiger charge is -2.24. The summed E-state index contributed by atoms with van der Waals surface area (Å²) in [6.07, 6.45) is 2.81. The molecule has 0 spiro atoms. The molecule has 3 heterocycles. The van der Waals surface area contributed by atoms with E-state index in [1.807, 2.05) is 31.1 Å². The summed E-state index contributed by atoms with van der Waals surface area (Å²) in [5.41, 5.74) is 3.03. The summed E-state index contributed by atoms with van der Waals surface area (Å²) in [6, 6.07) is 7.42. The molecule has 4 aromatic rings. The highest BCUT2D eigenvalue weighted by Gasteiger charge is 2.29. The van der Waals surface area contributed by atoms with E-state index >= 15 is 0 Å². The fourth-order valence-electron chi connectivity index (χ4n) is 4.83. The van der Waals surface area contributed by atoms with Crippen LogP contribution in [0.25, 0.3) is 22.3 Å². The number of anilines is 2. The fourth-order valence-corrected chi connectivity index (χ4v) is 4.83. The van der Waals surface area contributed by atoms with Crippen LogP contribution in [0.4, 0.5) is 20.6 Å². The zero-order valence-electron chi connectivity index (χ0n) is 21.0. The van der Waals surface area contributed by atoms with Crippen LogP contribution in [0.5, 0.6) is 5.75 Å². The Labute approximate surface area is 217 Å². The van der Waals surface area contributed by atoms with Crippen molar-refractivity contribution in [3.8, 4) is 17.1 Å². The summed E-state index contributed by atoms with van der Waals surface area (Å²) in [5.74, 6) is -0.803. The Hall–Kier alpha value is -4.74. The van der Waals surface area contributed by atoms with E-state index in [9.17, 15) is 14.0 Å². The van der Waals surface area contributed by atoms with E-state index in [1.165, 1.54) is 31.5 Å². The number of benzene rings is 2. The molecule has 11 nitrogen and oxygen atoms in total. The van der Waals surface area contributed by atoms with Crippen LogP contribution >= 0.6 is 0 Å². The number of nitrogens with one attached hydrogen (secondary N) is 2. The molecule has 0 unspecified atom stereocenters. The summed E-state index contributed by atoms with van der Waals surface area (Å²) in [4.78, 5) is 35.1. The third-order valence-electron chi connectivity index (χ3n) is 6.46. The van der Waals surface area contributed by atoms with Gasteiger partial charge in [-0.3, -0.25) is 9.48 Å². The molecule has 0 saturated carbocycles. The average molecular weight is 520 g/mol. The number of halogens is 1. The van der Waals surface area contributed by atoms with Crippen molar-refractivity contribution in [1.82, 2.24) is 25.1 Å². The SMILES string of the molecule is COc1cccc(F)c1-c1nccc(C(=O)Nc2cc(C)c3nn(C)cc3c2N2CC[C@@H](NC(=O)O)C2)n1. The van der Waals surface area contributed by atoms with Gasteiger partial charge in [0.1, 0.15) is 17.3 Å². The van der Waals surface area contributed by atoms with Crippen molar-refractivity contribution < 1.29 is 23.8 Å². The minimum Gasteiger partial charge on any atom is -0.496 e. The van der Waals surface area contributed by atoms with Crippen molar-refractivity contribution in [3.63, 3.8) is 0 Å². The number of carboxylic acid groups (broad SMARTS) is 1. The van der Waals surface area contributed by atoms with Gasteiger partial charge in [-0.05, 0) is 43.2 Å². The molecular weight excluding hydrogens is 493 g/mol. The van der Waals surface area contributed by atoms with Gasteiger partial charge in [-0.15, -0.1) is 0 Å². The van der Waals surface area contributed by atoms with Crippen LogP contribution in [0.2, 0.25) is 0 Å². The highest BCUT2D eigenvalue weighted by atomic mass is 19.1. The predicted molar refractivity (Wildman–Crippen MR) is 139 cm³/mol. The van der Waals surface area contributed by atoms with Gasteiger partial charge in [0, 0.05) is 37.9 Å². The molecule has 2 aromatic carbocycles. The molecule has 12 heteroatoms. The van der Waals surface area contributed by atoms with Crippen LogP contribution in [-0.2, 0) is 7.05 Å². The standard InChI is InChI=1S/C26H26FN7O4/c1-14-11-19(23(16-13-33(2)32-22(14)16)34-10-8-15(12-34)29-26(36)37)31-25(35)18-7-9-28-24(30-18)21-17(27)5-4-6-20(21)38-3/h4-7,9,11,13,15,29H,8,10,12H2,1-3H3,(H,31,35)(H,36,37)/t15-/m1/s1. The van der Waals surface area contributed by atoms with Crippen molar-refractivity contribution in [2.75, 3.05) is 30.4 Å². The molecule has 0 radical (unpaired) electrons. The molecule has 1 aliphatic rings. The lowest BCUT2D eigenvalue weighted by molar-refractivity contribution is 0.102. The number of nitrogens with zero attached hydrogens (tertiary/aromatic N) is 5. The van der Waals surface area contributed by atoms with Crippen LogP contribution in [-0.4, -0.2) is 63.1 Å². The first kappa shape index (κ1) is 24.9. The molecule has 38 heavy (non-hydrogen) atoms. The molecule has 3 N–H and O–H groups in total. The minimum atomic E-state index is -1.08. The zero-order chi connectivity index (χ0) is 27.0. The third-order valence-corrected chi connectivity index (χ3v) is 6.46. The van der Waals surface area contributed by atoms with Gasteiger partial charge in [-0.2, -0.15) is 5.10 Å². The largest absolute Gasteiger partial charge is 0.496 e. The summed E-state index contributed by atoms with van der Waals surface area (Å²) in [5, 5.41) is 20.0. The Bertz CT molecular complexity index is 1550. The number of carbonyl (C=O) groups excluding carboxylic acids is 1. The second-order valence-electron chi connectivity index (χ2n) is 9.07. The van der Waals surface area contributed by atoms with Crippen LogP contribution in [0, 0.1) is 12.7 Å². The molecule has 5 rings (SSSR count). The topological polar surface area (TPSA) is 134 Å². The van der Waals surface area contributed by atoms with E-state index in [2.05, 4.69) is 25.7 Å². The van der Waals surface area contributed by atoms with E-state index in [0.29, 0.717) is 25.2 Å². The zero-order valence-corrected chi connectivity index (χ0v) is 21.0. The monoisotopic (exact) mass is 519 g/mol. The van der Waals surface area contributed by atoms with E-state index in [1.54, 1.807) is 10.7 Å². The molecule has 2 aromatic heterocycles. The molecule has 196 valence electrons. The molecular formula is C26H26FN7O4. The predicted octanol–water partition coefficient (Wildman–Crippen LogP) is 3.59. The van der Waals surface area contributed by atoms with Gasteiger partial charge in [-0.25, -0.2) is 19.2 Å². The van der Waals surface area contributed by atoms with Crippen LogP contribution in [0.3, 0.4) is 0 Å². The second kappa shape index (κ2) is 9.96. The molecule has 1 saturated heterocycles. The van der Waals surface area contributed by atoms with Crippen LogP contribution < -0.4 is 20.3 Å². The molecule has 0 aliphatic carbocycles. The van der Waals surface area contributed by atoms with Gasteiger partial charge in [0.05, 0.1) is 35.6 Å². The van der Waals surface area contributed by atoms with Gasteiger partial charge in [-0.1, -0.05) is 6.07 Å². The highest BCUT2D eigenvalue weighted by molar-refractivity contribution is 6.09. The van der Waals surface area contributed by atoms with Crippen molar-refractivity contribution in [3.05, 3.63) is 59.8 Å². The first-order valence-electron chi connectivity index (χ1n) is 11.9. The Kier molecular flexibility index (Phi) is 6.53. The molecule has 1 atom stereocenters. The number of aryl methyl sites for hydroxylation is 2. The summed E-state index contributed by atoms with van der Waals surface area (Å²) in [6.45, 7) is 2.93. The lowest BCUT2D eigenvalue weighted by Crippen LogP contribution is -2.36. The third kappa shape index (κ3) is 4.67. The summed E-state index contributed by atoms with van der Waals surface area (Å²) >= 11 is 0. The van der Waals surface area contributed by atoms with E-state index < -0.39 is 17.8 Å². The maximum atomic E-state index is 14.6. The average Bonchev–Trinajstić information content (AvgIpc) is 3.50. The van der Waals surface area contributed by atoms with Gasteiger partial charge >= 0.3 is 6.09 Å². The molecule has 2 amide bonds. The Balaban J connectivity index is 1.52. The number of fused-ring (bicyclic) bond motifs is 1. The number of rotatable bonds is 6. The highest BCUT2D eigenvalue weighted by Crippen LogP contribution is 2.38. The molecule has 0 bridgehead atoms. The lowest BCUT2D eigenvalue weighted by atomic mass is 10.1. The number of amides is 2. The molecule has 1 fully saturated rings.